The molecule has 0 bridgehead atoms. The lowest BCUT2D eigenvalue weighted by molar-refractivity contribution is -0.138. The number of hydrogen-bond acceptors (Lipinski definition) is 2. The molecule has 0 aromatic rings. The van der Waals surface area contributed by atoms with Gasteiger partial charge in [-0.15, -0.1) is 0 Å². The Balaban J connectivity index is 4.01. The summed E-state index contributed by atoms with van der Waals surface area (Å²) in [7, 11) is 0. The van der Waals surface area contributed by atoms with E-state index in [1.54, 1.807) is 0 Å². The standard InChI is InChI=1S/C10H21NO2/c1-5-6-11(7-9(12)13)8-10(2,3)4/h5-8H2,1-4H3,(H,12,13). The van der Waals surface area contributed by atoms with E-state index in [1.165, 1.54) is 0 Å². The van der Waals surface area contributed by atoms with Gasteiger partial charge in [0.1, 0.15) is 0 Å². The van der Waals surface area contributed by atoms with Crippen LogP contribution in [-0.4, -0.2) is 35.6 Å². The Kier molecular flexibility index (Phi) is 4.99. The van der Waals surface area contributed by atoms with Crippen molar-refractivity contribution in [3.63, 3.8) is 0 Å². The zero-order valence-corrected chi connectivity index (χ0v) is 9.13. The van der Waals surface area contributed by atoms with Gasteiger partial charge in [-0.3, -0.25) is 9.69 Å². The molecule has 3 heteroatoms. The van der Waals surface area contributed by atoms with E-state index in [9.17, 15) is 4.79 Å². The van der Waals surface area contributed by atoms with Crippen LogP contribution in [0.3, 0.4) is 0 Å². The van der Waals surface area contributed by atoms with E-state index in [0.29, 0.717) is 0 Å². The van der Waals surface area contributed by atoms with Gasteiger partial charge < -0.3 is 5.11 Å². The topological polar surface area (TPSA) is 40.5 Å². The first-order chi connectivity index (χ1) is 5.85. The summed E-state index contributed by atoms with van der Waals surface area (Å²) in [6.45, 7) is 10.3. The summed E-state index contributed by atoms with van der Waals surface area (Å²) in [6.07, 6.45) is 1.00. The van der Waals surface area contributed by atoms with Gasteiger partial charge in [0.15, 0.2) is 0 Å². The summed E-state index contributed by atoms with van der Waals surface area (Å²) in [5.41, 5.74) is 0.171. The summed E-state index contributed by atoms with van der Waals surface area (Å²) in [6, 6.07) is 0. The molecular weight excluding hydrogens is 166 g/mol. The highest BCUT2D eigenvalue weighted by Gasteiger charge is 2.17. The summed E-state index contributed by atoms with van der Waals surface area (Å²) >= 11 is 0. The smallest absolute Gasteiger partial charge is 0.317 e. The maximum absolute atomic E-state index is 10.5. The highest BCUT2D eigenvalue weighted by molar-refractivity contribution is 5.69. The molecule has 1 N–H and O–H groups in total. The second kappa shape index (κ2) is 5.22. The molecule has 0 atom stereocenters. The average Bonchev–Trinajstić information content (AvgIpc) is 1.81. The minimum Gasteiger partial charge on any atom is -0.480 e. The van der Waals surface area contributed by atoms with Crippen LogP contribution in [0.4, 0.5) is 0 Å². The predicted octanol–water partition coefficient (Wildman–Crippen LogP) is 1.83. The lowest BCUT2D eigenvalue weighted by Crippen LogP contribution is -2.37. The van der Waals surface area contributed by atoms with E-state index in [4.69, 9.17) is 5.11 Å². The molecule has 0 fully saturated rings. The molecule has 0 spiro atoms. The molecule has 0 unspecified atom stereocenters. The molecule has 0 aliphatic carbocycles. The third kappa shape index (κ3) is 7.78. The maximum Gasteiger partial charge on any atom is 0.317 e. The normalized spacial score (nSPS) is 12.1. The van der Waals surface area contributed by atoms with Crippen molar-refractivity contribution in [1.29, 1.82) is 0 Å². The first kappa shape index (κ1) is 12.4. The van der Waals surface area contributed by atoms with Crippen LogP contribution in [-0.2, 0) is 4.79 Å². The van der Waals surface area contributed by atoms with Crippen molar-refractivity contribution in [3.05, 3.63) is 0 Å². The molecule has 0 aromatic carbocycles. The van der Waals surface area contributed by atoms with Gasteiger partial charge in [-0.2, -0.15) is 0 Å². The number of carboxylic acids is 1. The van der Waals surface area contributed by atoms with Crippen LogP contribution in [0.25, 0.3) is 0 Å². The largest absolute Gasteiger partial charge is 0.480 e. The minimum atomic E-state index is -0.738. The second-order valence-corrected chi connectivity index (χ2v) is 4.67. The van der Waals surface area contributed by atoms with Crippen LogP contribution in [0, 0.1) is 5.41 Å². The SMILES string of the molecule is CCCN(CC(=O)O)CC(C)(C)C. The Bertz CT molecular complexity index is 161. The molecule has 0 rings (SSSR count). The van der Waals surface area contributed by atoms with Gasteiger partial charge >= 0.3 is 5.97 Å². The lowest BCUT2D eigenvalue weighted by atomic mass is 9.96. The van der Waals surface area contributed by atoms with Crippen molar-refractivity contribution in [1.82, 2.24) is 4.90 Å². The fraction of sp³-hybridized carbons (Fsp3) is 0.900. The molecule has 13 heavy (non-hydrogen) atoms. The van der Waals surface area contributed by atoms with Crippen LogP contribution in [0.15, 0.2) is 0 Å². The fourth-order valence-corrected chi connectivity index (χ4v) is 1.39. The van der Waals surface area contributed by atoms with Crippen molar-refractivity contribution >= 4 is 5.97 Å². The van der Waals surface area contributed by atoms with Crippen molar-refractivity contribution < 1.29 is 9.90 Å². The summed E-state index contributed by atoms with van der Waals surface area (Å²) in [5.74, 6) is -0.738. The fourth-order valence-electron chi connectivity index (χ4n) is 1.39. The molecule has 3 nitrogen and oxygen atoms in total. The molecule has 0 amide bonds. The van der Waals surface area contributed by atoms with Crippen molar-refractivity contribution in [3.8, 4) is 0 Å². The zero-order chi connectivity index (χ0) is 10.5. The van der Waals surface area contributed by atoms with Gasteiger partial charge in [-0.05, 0) is 18.4 Å². The highest BCUT2D eigenvalue weighted by atomic mass is 16.4. The quantitative estimate of drug-likeness (QED) is 0.714. The Hall–Kier alpha value is -0.570. The Morgan fingerprint density at radius 1 is 1.38 bits per heavy atom. The molecule has 0 aliphatic heterocycles. The van der Waals surface area contributed by atoms with Crippen molar-refractivity contribution in [2.24, 2.45) is 5.41 Å². The first-order valence-corrected chi connectivity index (χ1v) is 4.79. The van der Waals surface area contributed by atoms with Crippen molar-refractivity contribution in [2.45, 2.75) is 34.1 Å². The van der Waals surface area contributed by atoms with E-state index in [1.807, 2.05) is 4.90 Å². The number of carboxylic acid groups (broad SMARTS) is 1. The molecule has 0 radical (unpaired) electrons. The van der Waals surface area contributed by atoms with E-state index >= 15 is 0 Å². The van der Waals surface area contributed by atoms with Crippen LogP contribution >= 0.6 is 0 Å². The van der Waals surface area contributed by atoms with Gasteiger partial charge in [0.25, 0.3) is 0 Å². The van der Waals surface area contributed by atoms with E-state index in [2.05, 4.69) is 27.7 Å². The monoisotopic (exact) mass is 187 g/mol. The second-order valence-electron chi connectivity index (χ2n) is 4.67. The first-order valence-electron chi connectivity index (χ1n) is 4.79. The average molecular weight is 187 g/mol. The van der Waals surface area contributed by atoms with E-state index < -0.39 is 5.97 Å². The maximum atomic E-state index is 10.5. The Morgan fingerprint density at radius 3 is 2.23 bits per heavy atom. The van der Waals surface area contributed by atoms with Gasteiger partial charge in [0, 0.05) is 6.54 Å². The lowest BCUT2D eigenvalue weighted by Gasteiger charge is -2.28. The highest BCUT2D eigenvalue weighted by Crippen LogP contribution is 2.14. The molecule has 78 valence electrons. The minimum absolute atomic E-state index is 0.158. The molecule has 0 aromatic heterocycles. The summed E-state index contributed by atoms with van der Waals surface area (Å²) in [5, 5.41) is 8.67. The summed E-state index contributed by atoms with van der Waals surface area (Å²) < 4.78 is 0. The number of carbonyl (C=O) groups is 1. The van der Waals surface area contributed by atoms with Gasteiger partial charge in [0.05, 0.1) is 6.54 Å². The van der Waals surface area contributed by atoms with Crippen LogP contribution in [0.2, 0.25) is 0 Å². The molecular formula is C10H21NO2. The third-order valence-corrected chi connectivity index (χ3v) is 1.60. The van der Waals surface area contributed by atoms with Gasteiger partial charge in [0.2, 0.25) is 0 Å². The number of hydrogen-bond donors (Lipinski definition) is 1. The number of nitrogens with zero attached hydrogens (tertiary/aromatic N) is 1. The van der Waals surface area contributed by atoms with Crippen LogP contribution < -0.4 is 0 Å². The van der Waals surface area contributed by atoms with Crippen molar-refractivity contribution in [2.75, 3.05) is 19.6 Å². The van der Waals surface area contributed by atoms with E-state index in [0.717, 1.165) is 19.5 Å². The van der Waals surface area contributed by atoms with Crippen LogP contribution in [0.5, 0.6) is 0 Å². The zero-order valence-electron chi connectivity index (χ0n) is 9.13. The molecule has 0 saturated carbocycles. The van der Waals surface area contributed by atoms with Gasteiger partial charge in [-0.1, -0.05) is 27.7 Å². The predicted molar refractivity (Wildman–Crippen MR) is 53.8 cm³/mol. The molecule has 0 heterocycles. The number of rotatable bonds is 5. The van der Waals surface area contributed by atoms with E-state index in [-0.39, 0.29) is 12.0 Å². The number of aliphatic carboxylic acids is 1. The summed E-state index contributed by atoms with van der Waals surface area (Å²) in [4.78, 5) is 12.5. The van der Waals surface area contributed by atoms with Crippen LogP contribution in [0.1, 0.15) is 34.1 Å². The molecule has 0 saturated heterocycles. The Morgan fingerprint density at radius 2 is 1.92 bits per heavy atom. The van der Waals surface area contributed by atoms with Gasteiger partial charge in [-0.25, -0.2) is 0 Å². The molecule has 0 aliphatic rings. The third-order valence-electron chi connectivity index (χ3n) is 1.60. The Labute approximate surface area is 80.7 Å².